The summed E-state index contributed by atoms with van der Waals surface area (Å²) >= 11 is 1.68. The maximum atomic E-state index is 12.5. The average Bonchev–Trinajstić information content (AvgIpc) is 2.96. The third kappa shape index (κ3) is 4.05. The molecule has 0 saturated heterocycles. The highest BCUT2D eigenvalue weighted by Crippen LogP contribution is 2.32. The van der Waals surface area contributed by atoms with Gasteiger partial charge in [0.2, 0.25) is 0 Å². The molecule has 0 saturated carbocycles. The standard InChI is InChI=1S/C20H26N2OS/c1-14-8-9-18-17(10-14)11-19(24-18)20(23)21-12-15-6-4-5-7-16(15)13-22(2)3/h4-7,11,14H,8-10,12-13H2,1-3H3,(H,21,23)/p+1/t14-/m0/s1. The molecule has 128 valence electrons. The number of fused-ring (bicyclic) bond motifs is 1. The Kier molecular flexibility index (Phi) is 5.36. The molecule has 1 aromatic heterocycles. The number of carbonyl (C=O) groups is 1. The molecule has 0 bridgehead atoms. The topological polar surface area (TPSA) is 33.5 Å². The van der Waals surface area contributed by atoms with Gasteiger partial charge in [0.25, 0.3) is 5.91 Å². The van der Waals surface area contributed by atoms with Gasteiger partial charge in [-0.25, -0.2) is 0 Å². The Balaban J connectivity index is 1.66. The largest absolute Gasteiger partial charge is 0.347 e. The molecule has 2 N–H and O–H groups in total. The Morgan fingerprint density at radius 2 is 2.04 bits per heavy atom. The van der Waals surface area contributed by atoms with E-state index in [1.807, 2.05) is 6.07 Å². The van der Waals surface area contributed by atoms with Crippen molar-refractivity contribution in [1.82, 2.24) is 5.32 Å². The van der Waals surface area contributed by atoms with Gasteiger partial charge in [-0.05, 0) is 42.4 Å². The second kappa shape index (κ2) is 7.49. The average molecular weight is 344 g/mol. The fourth-order valence-corrected chi connectivity index (χ4v) is 4.49. The summed E-state index contributed by atoms with van der Waals surface area (Å²) in [5.74, 6) is 0.803. The number of hydrogen-bond acceptors (Lipinski definition) is 2. The van der Waals surface area contributed by atoms with E-state index in [0.717, 1.165) is 30.2 Å². The van der Waals surface area contributed by atoms with Crippen molar-refractivity contribution in [2.45, 2.75) is 39.3 Å². The summed E-state index contributed by atoms with van der Waals surface area (Å²) in [4.78, 5) is 16.2. The lowest BCUT2D eigenvalue weighted by molar-refractivity contribution is -0.872. The Bertz CT molecular complexity index is 720. The van der Waals surface area contributed by atoms with Crippen LogP contribution in [0.2, 0.25) is 0 Å². The van der Waals surface area contributed by atoms with Crippen molar-refractivity contribution in [1.29, 1.82) is 0 Å². The Hall–Kier alpha value is -1.65. The number of carbonyl (C=O) groups excluding carboxylic acids is 1. The molecular weight excluding hydrogens is 316 g/mol. The molecule has 0 unspecified atom stereocenters. The van der Waals surface area contributed by atoms with Crippen LogP contribution in [0.5, 0.6) is 0 Å². The number of aryl methyl sites for hydroxylation is 1. The monoisotopic (exact) mass is 343 g/mol. The van der Waals surface area contributed by atoms with E-state index >= 15 is 0 Å². The van der Waals surface area contributed by atoms with E-state index in [2.05, 4.69) is 50.6 Å². The van der Waals surface area contributed by atoms with E-state index in [-0.39, 0.29) is 5.91 Å². The summed E-state index contributed by atoms with van der Waals surface area (Å²) in [7, 11) is 4.29. The summed E-state index contributed by atoms with van der Waals surface area (Å²) in [6.45, 7) is 3.86. The van der Waals surface area contributed by atoms with E-state index < -0.39 is 0 Å². The molecule has 4 heteroatoms. The molecule has 1 aliphatic rings. The van der Waals surface area contributed by atoms with Crippen molar-refractivity contribution in [3.8, 4) is 0 Å². The maximum absolute atomic E-state index is 12.5. The zero-order chi connectivity index (χ0) is 17.1. The van der Waals surface area contributed by atoms with Crippen LogP contribution >= 0.6 is 11.3 Å². The van der Waals surface area contributed by atoms with Gasteiger partial charge in [-0.1, -0.05) is 31.2 Å². The molecule has 3 nitrogen and oxygen atoms in total. The number of benzene rings is 1. The molecule has 1 heterocycles. The Morgan fingerprint density at radius 3 is 2.79 bits per heavy atom. The van der Waals surface area contributed by atoms with Crippen molar-refractivity contribution in [3.05, 3.63) is 56.8 Å². The van der Waals surface area contributed by atoms with Gasteiger partial charge in [0.15, 0.2) is 0 Å². The van der Waals surface area contributed by atoms with E-state index in [4.69, 9.17) is 0 Å². The second-order valence-electron chi connectivity index (χ2n) is 7.24. The Morgan fingerprint density at radius 1 is 1.29 bits per heavy atom. The smallest absolute Gasteiger partial charge is 0.261 e. The number of hydrogen-bond donors (Lipinski definition) is 2. The summed E-state index contributed by atoms with van der Waals surface area (Å²) < 4.78 is 0. The van der Waals surface area contributed by atoms with Crippen molar-refractivity contribution in [2.75, 3.05) is 14.1 Å². The molecule has 0 spiro atoms. The normalized spacial score (nSPS) is 16.9. The number of thiophene rings is 1. The van der Waals surface area contributed by atoms with Gasteiger partial charge in [-0.15, -0.1) is 11.3 Å². The summed E-state index contributed by atoms with van der Waals surface area (Å²) in [6, 6.07) is 10.5. The molecule has 0 aliphatic heterocycles. The first-order valence-electron chi connectivity index (χ1n) is 8.78. The van der Waals surface area contributed by atoms with Crippen LogP contribution in [0.15, 0.2) is 30.3 Å². The molecule has 2 aromatic rings. The number of amides is 1. The lowest BCUT2D eigenvalue weighted by Gasteiger charge is -2.16. The molecule has 0 radical (unpaired) electrons. The minimum atomic E-state index is 0.0639. The highest BCUT2D eigenvalue weighted by atomic mass is 32.1. The van der Waals surface area contributed by atoms with E-state index in [1.165, 1.54) is 32.9 Å². The lowest BCUT2D eigenvalue weighted by atomic mass is 9.90. The first-order chi connectivity index (χ1) is 11.5. The third-order valence-corrected chi connectivity index (χ3v) is 5.89. The highest BCUT2D eigenvalue weighted by molar-refractivity contribution is 7.14. The second-order valence-corrected chi connectivity index (χ2v) is 8.38. The minimum absolute atomic E-state index is 0.0639. The lowest BCUT2D eigenvalue weighted by Crippen LogP contribution is -3.04. The first kappa shape index (κ1) is 17.2. The molecule has 1 aliphatic carbocycles. The Labute approximate surface area is 148 Å². The van der Waals surface area contributed by atoms with Crippen LogP contribution in [0.1, 0.15) is 44.6 Å². The number of nitrogens with one attached hydrogen (secondary N) is 2. The van der Waals surface area contributed by atoms with Crippen molar-refractivity contribution >= 4 is 17.2 Å². The molecule has 1 aromatic carbocycles. The SMILES string of the molecule is C[C@H]1CCc2sc(C(=O)NCc3ccccc3C[NH+](C)C)cc2C1. The minimum Gasteiger partial charge on any atom is -0.347 e. The molecule has 3 rings (SSSR count). The van der Waals surface area contributed by atoms with Crippen LogP contribution in [0.3, 0.4) is 0 Å². The molecule has 0 fully saturated rings. The van der Waals surface area contributed by atoms with Crippen LogP contribution in [-0.4, -0.2) is 20.0 Å². The van der Waals surface area contributed by atoms with Crippen LogP contribution in [0.4, 0.5) is 0 Å². The van der Waals surface area contributed by atoms with Gasteiger partial charge in [-0.3, -0.25) is 4.79 Å². The van der Waals surface area contributed by atoms with E-state index in [1.54, 1.807) is 11.3 Å². The zero-order valence-electron chi connectivity index (χ0n) is 14.8. The predicted octanol–water partition coefficient (Wildman–Crippen LogP) is 2.45. The van der Waals surface area contributed by atoms with Crippen molar-refractivity contribution in [2.24, 2.45) is 5.92 Å². The van der Waals surface area contributed by atoms with Crippen LogP contribution in [-0.2, 0) is 25.9 Å². The van der Waals surface area contributed by atoms with E-state index in [0.29, 0.717) is 6.54 Å². The summed E-state index contributed by atoms with van der Waals surface area (Å²) in [5.41, 5.74) is 3.90. The fourth-order valence-electron chi connectivity index (χ4n) is 3.36. The quantitative estimate of drug-likeness (QED) is 0.859. The van der Waals surface area contributed by atoms with Crippen LogP contribution in [0.25, 0.3) is 0 Å². The van der Waals surface area contributed by atoms with Gasteiger partial charge in [-0.2, -0.15) is 0 Å². The highest BCUT2D eigenvalue weighted by Gasteiger charge is 2.20. The molecule has 1 amide bonds. The maximum Gasteiger partial charge on any atom is 0.261 e. The summed E-state index contributed by atoms with van der Waals surface area (Å²) in [6.07, 6.45) is 3.49. The van der Waals surface area contributed by atoms with Crippen molar-refractivity contribution < 1.29 is 9.69 Å². The van der Waals surface area contributed by atoms with Gasteiger partial charge < -0.3 is 10.2 Å². The van der Waals surface area contributed by atoms with Gasteiger partial charge in [0.1, 0.15) is 6.54 Å². The zero-order valence-corrected chi connectivity index (χ0v) is 15.6. The van der Waals surface area contributed by atoms with Crippen molar-refractivity contribution in [3.63, 3.8) is 0 Å². The summed E-state index contributed by atoms with van der Waals surface area (Å²) in [5, 5.41) is 3.11. The van der Waals surface area contributed by atoms with Crippen LogP contribution < -0.4 is 10.2 Å². The fraction of sp³-hybridized carbons (Fsp3) is 0.450. The van der Waals surface area contributed by atoms with Crippen LogP contribution in [0, 0.1) is 5.92 Å². The predicted molar refractivity (Wildman–Crippen MR) is 99.6 cm³/mol. The molecule has 1 atom stereocenters. The number of quaternary nitrogens is 1. The molecular formula is C20H27N2OS+. The van der Waals surface area contributed by atoms with Gasteiger partial charge in [0.05, 0.1) is 19.0 Å². The molecule has 24 heavy (non-hydrogen) atoms. The van der Waals surface area contributed by atoms with E-state index in [9.17, 15) is 4.79 Å². The van der Waals surface area contributed by atoms with Gasteiger partial charge in [0, 0.05) is 17.0 Å². The van der Waals surface area contributed by atoms with Gasteiger partial charge >= 0.3 is 0 Å². The first-order valence-corrected chi connectivity index (χ1v) is 9.60. The number of rotatable bonds is 5. The third-order valence-electron chi connectivity index (χ3n) is 4.65.